The van der Waals surface area contributed by atoms with E-state index in [0.29, 0.717) is 19.7 Å². The van der Waals surface area contributed by atoms with Crippen molar-refractivity contribution in [1.29, 1.82) is 0 Å². The lowest BCUT2D eigenvalue weighted by Crippen LogP contribution is -2.30. The van der Waals surface area contributed by atoms with E-state index in [4.69, 9.17) is 19.7 Å². The smallest absolute Gasteiger partial charge is 0.410 e. The zero-order valence-corrected chi connectivity index (χ0v) is 15.7. The molecule has 29 heavy (non-hydrogen) atoms. The molecule has 8 heteroatoms. The number of carbonyl (C=O) groups is 2. The van der Waals surface area contributed by atoms with Crippen LogP contribution in [0, 0.1) is 5.92 Å². The second kappa shape index (κ2) is 8.22. The number of ether oxygens (including phenoxy) is 2. The molecule has 0 aliphatic carbocycles. The molecule has 3 aromatic rings. The van der Waals surface area contributed by atoms with Gasteiger partial charge in [-0.15, -0.1) is 0 Å². The van der Waals surface area contributed by atoms with E-state index in [1.54, 1.807) is 4.90 Å². The average molecular weight is 395 g/mol. The molecule has 2 heterocycles. The zero-order chi connectivity index (χ0) is 20.2. The van der Waals surface area contributed by atoms with Crippen LogP contribution in [0.25, 0.3) is 10.8 Å². The van der Waals surface area contributed by atoms with Crippen LogP contribution in [0.1, 0.15) is 22.7 Å². The minimum Gasteiger partial charge on any atom is -0.493 e. The molecule has 1 fully saturated rings. The van der Waals surface area contributed by atoms with E-state index < -0.39 is 12.0 Å². The Kier molecular flexibility index (Phi) is 5.33. The van der Waals surface area contributed by atoms with Crippen molar-refractivity contribution in [2.45, 2.75) is 13.0 Å². The third-order valence-corrected chi connectivity index (χ3v) is 4.90. The Morgan fingerprint density at radius 3 is 2.79 bits per heavy atom. The van der Waals surface area contributed by atoms with Gasteiger partial charge in [0.05, 0.1) is 6.61 Å². The molecule has 2 aromatic carbocycles. The predicted octanol–water partition coefficient (Wildman–Crippen LogP) is 2.96. The van der Waals surface area contributed by atoms with Gasteiger partial charge in [-0.25, -0.2) is 4.79 Å². The number of hydrogen-bond donors (Lipinski definition) is 1. The number of benzene rings is 2. The fraction of sp³-hybridized carbons (Fsp3) is 0.286. The average Bonchev–Trinajstić information content (AvgIpc) is 3.40. The van der Waals surface area contributed by atoms with Crippen LogP contribution in [-0.4, -0.2) is 41.8 Å². The number of fused-ring (bicyclic) bond motifs is 1. The maximum Gasteiger partial charge on any atom is 0.410 e. The number of likely N-dealkylation sites (tertiary alicyclic amines) is 1. The van der Waals surface area contributed by atoms with Crippen LogP contribution in [-0.2, 0) is 11.3 Å². The first-order valence-corrected chi connectivity index (χ1v) is 9.37. The monoisotopic (exact) mass is 395 g/mol. The van der Waals surface area contributed by atoms with Gasteiger partial charge in [0.1, 0.15) is 5.75 Å². The van der Waals surface area contributed by atoms with Crippen molar-refractivity contribution in [3.05, 3.63) is 60.0 Å². The summed E-state index contributed by atoms with van der Waals surface area (Å²) in [6.07, 6.45) is 0.409. The van der Waals surface area contributed by atoms with Crippen LogP contribution in [0.15, 0.2) is 53.1 Å². The first kappa shape index (κ1) is 18.8. The van der Waals surface area contributed by atoms with E-state index in [-0.39, 0.29) is 24.0 Å². The van der Waals surface area contributed by atoms with Crippen LogP contribution in [0.4, 0.5) is 4.79 Å². The summed E-state index contributed by atoms with van der Waals surface area (Å²) in [7, 11) is 0. The highest BCUT2D eigenvalue weighted by molar-refractivity contribution is 5.90. The molecule has 1 unspecified atom stereocenters. The maximum atomic E-state index is 12.2. The third-order valence-electron chi connectivity index (χ3n) is 4.90. The Labute approximate surface area is 167 Å². The number of amides is 2. The van der Waals surface area contributed by atoms with Crippen LogP contribution in [0.3, 0.4) is 0 Å². The van der Waals surface area contributed by atoms with Crippen molar-refractivity contribution in [2.75, 3.05) is 19.7 Å². The lowest BCUT2D eigenvalue weighted by atomic mass is 10.1. The van der Waals surface area contributed by atoms with Crippen molar-refractivity contribution in [3.63, 3.8) is 0 Å². The number of rotatable bonds is 6. The van der Waals surface area contributed by atoms with Gasteiger partial charge < -0.3 is 24.6 Å². The van der Waals surface area contributed by atoms with E-state index >= 15 is 0 Å². The highest BCUT2D eigenvalue weighted by Crippen LogP contribution is 2.23. The van der Waals surface area contributed by atoms with Gasteiger partial charge in [-0.2, -0.15) is 0 Å². The quantitative estimate of drug-likeness (QED) is 0.687. The zero-order valence-electron chi connectivity index (χ0n) is 15.7. The molecule has 0 bridgehead atoms. The van der Waals surface area contributed by atoms with E-state index in [1.165, 1.54) is 11.5 Å². The van der Waals surface area contributed by atoms with Crippen LogP contribution < -0.4 is 10.5 Å². The van der Waals surface area contributed by atoms with Crippen molar-refractivity contribution < 1.29 is 23.6 Å². The first-order chi connectivity index (χ1) is 14.1. The lowest BCUT2D eigenvalue weighted by Gasteiger charge is -2.16. The number of nitrogens with zero attached hydrogens (tertiary/aromatic N) is 2. The minimum atomic E-state index is -0.694. The minimum absolute atomic E-state index is 0.00289. The highest BCUT2D eigenvalue weighted by Gasteiger charge is 2.28. The molecule has 150 valence electrons. The van der Waals surface area contributed by atoms with Gasteiger partial charge in [-0.1, -0.05) is 35.5 Å². The molecule has 2 amide bonds. The van der Waals surface area contributed by atoms with E-state index in [1.807, 2.05) is 30.3 Å². The molecule has 1 saturated heterocycles. The van der Waals surface area contributed by atoms with Gasteiger partial charge in [0.15, 0.2) is 18.1 Å². The van der Waals surface area contributed by atoms with Crippen LogP contribution in [0.5, 0.6) is 5.75 Å². The third kappa shape index (κ3) is 4.48. The fourth-order valence-corrected chi connectivity index (χ4v) is 3.33. The Hall–Kier alpha value is -3.55. The van der Waals surface area contributed by atoms with Crippen molar-refractivity contribution in [3.8, 4) is 5.75 Å². The van der Waals surface area contributed by atoms with E-state index in [9.17, 15) is 9.59 Å². The summed E-state index contributed by atoms with van der Waals surface area (Å²) >= 11 is 0. The summed E-state index contributed by atoms with van der Waals surface area (Å²) in [5.74, 6) is 0.628. The summed E-state index contributed by atoms with van der Waals surface area (Å²) in [5.41, 5.74) is 5.11. The fourth-order valence-electron chi connectivity index (χ4n) is 3.33. The lowest BCUT2D eigenvalue weighted by molar-refractivity contribution is 0.0924. The molecule has 1 aliphatic rings. The van der Waals surface area contributed by atoms with Gasteiger partial charge in [-0.3, -0.25) is 4.79 Å². The molecule has 1 aromatic heterocycles. The topological polar surface area (TPSA) is 108 Å². The number of primary amides is 1. The Balaban J connectivity index is 1.24. The molecule has 1 aliphatic heterocycles. The Morgan fingerprint density at radius 2 is 2.00 bits per heavy atom. The van der Waals surface area contributed by atoms with Crippen molar-refractivity contribution in [2.24, 2.45) is 11.7 Å². The molecule has 0 saturated carbocycles. The van der Waals surface area contributed by atoms with E-state index in [2.05, 4.69) is 17.3 Å². The van der Waals surface area contributed by atoms with Gasteiger partial charge in [-0.05, 0) is 29.3 Å². The molecule has 0 radical (unpaired) electrons. The normalized spacial score (nSPS) is 16.1. The maximum absolute atomic E-state index is 12.2. The Bertz CT molecular complexity index is 1030. The van der Waals surface area contributed by atoms with Crippen LogP contribution >= 0.6 is 0 Å². The first-order valence-electron chi connectivity index (χ1n) is 9.37. The number of carbonyl (C=O) groups excluding carboxylic acids is 2. The highest BCUT2D eigenvalue weighted by atomic mass is 16.6. The Morgan fingerprint density at radius 1 is 1.17 bits per heavy atom. The largest absolute Gasteiger partial charge is 0.493 e. The molecule has 8 nitrogen and oxygen atoms in total. The standard InChI is InChI=1S/C21H21N3O5/c22-20(25)19-10-18(29-23-19)13-28-21(26)24-8-7-14(11-24)12-27-17-6-5-15-3-1-2-4-16(15)9-17/h1-6,9-10,14H,7-8,11-13H2,(H2,22,25). The predicted molar refractivity (Wildman–Crippen MR) is 104 cm³/mol. The number of nitrogens with two attached hydrogens (primary N) is 1. The number of aromatic nitrogens is 1. The summed E-state index contributed by atoms with van der Waals surface area (Å²) in [5, 5.41) is 5.81. The summed E-state index contributed by atoms with van der Waals surface area (Å²) in [6, 6.07) is 15.5. The SMILES string of the molecule is NC(=O)c1cc(COC(=O)N2CCC(COc3ccc4ccccc4c3)C2)on1. The molecule has 2 N–H and O–H groups in total. The summed E-state index contributed by atoms with van der Waals surface area (Å²) < 4.78 is 16.1. The van der Waals surface area contributed by atoms with Gasteiger partial charge >= 0.3 is 6.09 Å². The molecule has 1 atom stereocenters. The van der Waals surface area contributed by atoms with Gasteiger partial charge in [0, 0.05) is 25.1 Å². The van der Waals surface area contributed by atoms with Crippen LogP contribution in [0.2, 0.25) is 0 Å². The van der Waals surface area contributed by atoms with Gasteiger partial charge in [0.25, 0.3) is 5.91 Å². The van der Waals surface area contributed by atoms with Crippen molar-refractivity contribution >= 4 is 22.8 Å². The summed E-state index contributed by atoms with van der Waals surface area (Å²) in [6.45, 7) is 1.60. The molecule has 0 spiro atoms. The molecular weight excluding hydrogens is 374 g/mol. The second-order valence-electron chi connectivity index (χ2n) is 7.02. The van der Waals surface area contributed by atoms with Crippen molar-refractivity contribution in [1.82, 2.24) is 10.1 Å². The molecule has 4 rings (SSSR count). The van der Waals surface area contributed by atoms with E-state index in [0.717, 1.165) is 17.6 Å². The number of hydrogen-bond acceptors (Lipinski definition) is 6. The molecular formula is C21H21N3O5. The van der Waals surface area contributed by atoms with Gasteiger partial charge in [0.2, 0.25) is 0 Å². The summed E-state index contributed by atoms with van der Waals surface area (Å²) in [4.78, 5) is 24.9. The second-order valence-corrected chi connectivity index (χ2v) is 7.02.